The number of aromatic nitrogens is 3. The number of rotatable bonds is 2. The fraction of sp³-hybridized carbons (Fsp3) is 0. The maximum atomic E-state index is 6.24. The predicted molar refractivity (Wildman–Crippen MR) is 164 cm³/mol. The van der Waals surface area contributed by atoms with Gasteiger partial charge in [0, 0.05) is 32.5 Å². The zero-order chi connectivity index (χ0) is 26.2. The second-order valence-corrected chi connectivity index (χ2v) is 10.2. The van der Waals surface area contributed by atoms with E-state index >= 15 is 0 Å². The standard InChI is InChI=1S/C36H21N3O/c1-2-11-23-21-31-28(20-22(23)10-1)24-12-4-7-17-30(24)39(31)36-37-29-16-6-3-13-25(29)35(38-36)27-15-9-19-33-34(27)26-14-5-8-18-32(26)40-33/h1-21H. The van der Waals surface area contributed by atoms with Crippen LogP contribution in [0.25, 0.3) is 82.6 Å². The van der Waals surface area contributed by atoms with E-state index in [0.717, 1.165) is 55.1 Å². The first kappa shape index (κ1) is 21.5. The first-order valence-corrected chi connectivity index (χ1v) is 13.4. The van der Waals surface area contributed by atoms with E-state index in [-0.39, 0.29) is 0 Å². The third-order valence-electron chi connectivity index (χ3n) is 7.99. The Labute approximate surface area is 228 Å². The fourth-order valence-corrected chi connectivity index (χ4v) is 6.21. The lowest BCUT2D eigenvalue weighted by atomic mass is 10.0. The van der Waals surface area contributed by atoms with Gasteiger partial charge in [-0.15, -0.1) is 0 Å². The van der Waals surface area contributed by atoms with Crippen molar-refractivity contribution in [2.24, 2.45) is 0 Å². The molecule has 0 saturated heterocycles. The van der Waals surface area contributed by atoms with Crippen molar-refractivity contribution in [1.29, 1.82) is 0 Å². The second kappa shape index (κ2) is 8.01. The minimum Gasteiger partial charge on any atom is -0.456 e. The Bertz CT molecular complexity index is 2450. The van der Waals surface area contributed by atoms with Crippen LogP contribution in [0.1, 0.15) is 0 Å². The topological polar surface area (TPSA) is 43.9 Å². The van der Waals surface area contributed by atoms with Gasteiger partial charge in [-0.1, -0.05) is 91.0 Å². The maximum absolute atomic E-state index is 6.24. The van der Waals surface area contributed by atoms with Crippen molar-refractivity contribution in [2.45, 2.75) is 0 Å². The van der Waals surface area contributed by atoms with E-state index in [1.54, 1.807) is 0 Å². The molecular weight excluding hydrogens is 490 g/mol. The lowest BCUT2D eigenvalue weighted by molar-refractivity contribution is 0.669. The normalized spacial score (nSPS) is 12.0. The molecule has 0 aliphatic rings. The van der Waals surface area contributed by atoms with Crippen LogP contribution in [0.4, 0.5) is 0 Å². The van der Waals surface area contributed by atoms with Crippen LogP contribution >= 0.6 is 0 Å². The zero-order valence-electron chi connectivity index (χ0n) is 21.4. The third-order valence-corrected chi connectivity index (χ3v) is 7.99. The highest BCUT2D eigenvalue weighted by molar-refractivity contribution is 6.15. The number of benzene rings is 6. The van der Waals surface area contributed by atoms with Crippen molar-refractivity contribution in [3.63, 3.8) is 0 Å². The number of hydrogen-bond acceptors (Lipinski definition) is 3. The van der Waals surface area contributed by atoms with E-state index in [4.69, 9.17) is 14.4 Å². The van der Waals surface area contributed by atoms with Gasteiger partial charge in [-0.3, -0.25) is 4.57 Å². The quantitative estimate of drug-likeness (QED) is 0.232. The summed E-state index contributed by atoms with van der Waals surface area (Å²) in [7, 11) is 0. The Morgan fingerprint density at radius 2 is 1.20 bits per heavy atom. The molecule has 0 radical (unpaired) electrons. The molecule has 3 heterocycles. The molecule has 0 fully saturated rings. The van der Waals surface area contributed by atoms with Crippen molar-refractivity contribution in [2.75, 3.05) is 0 Å². The Kier molecular flexibility index (Phi) is 4.30. The maximum Gasteiger partial charge on any atom is 0.235 e. The molecule has 40 heavy (non-hydrogen) atoms. The number of nitrogens with zero attached hydrogens (tertiary/aromatic N) is 3. The van der Waals surface area contributed by atoms with Gasteiger partial charge in [0.05, 0.1) is 22.2 Å². The number of furan rings is 1. The number of fused-ring (bicyclic) bond motifs is 8. The van der Waals surface area contributed by atoms with Crippen LogP contribution in [-0.4, -0.2) is 14.5 Å². The fourth-order valence-electron chi connectivity index (χ4n) is 6.21. The van der Waals surface area contributed by atoms with Gasteiger partial charge >= 0.3 is 0 Å². The van der Waals surface area contributed by atoms with Crippen LogP contribution in [-0.2, 0) is 0 Å². The molecule has 6 aromatic carbocycles. The Balaban J connectivity index is 1.43. The lowest BCUT2D eigenvalue weighted by Gasteiger charge is -2.12. The van der Waals surface area contributed by atoms with Gasteiger partial charge in [-0.05, 0) is 47.2 Å². The van der Waals surface area contributed by atoms with Gasteiger partial charge in [-0.2, -0.15) is 0 Å². The molecule has 0 saturated carbocycles. The summed E-state index contributed by atoms with van der Waals surface area (Å²) in [5, 5.41) is 7.95. The van der Waals surface area contributed by atoms with E-state index < -0.39 is 0 Å². The van der Waals surface area contributed by atoms with Gasteiger partial charge < -0.3 is 4.42 Å². The molecule has 0 atom stereocenters. The molecule has 4 nitrogen and oxygen atoms in total. The van der Waals surface area contributed by atoms with Crippen LogP contribution in [0.3, 0.4) is 0 Å². The molecule has 0 aliphatic heterocycles. The SMILES string of the molecule is c1ccc2cc3c(cc2c1)c1ccccc1n3-c1nc(-c2cccc3oc4ccccc4c23)c2ccccc2n1. The van der Waals surface area contributed by atoms with Gasteiger partial charge in [0.1, 0.15) is 11.2 Å². The number of hydrogen-bond donors (Lipinski definition) is 0. The van der Waals surface area contributed by atoms with Gasteiger partial charge in [0.2, 0.25) is 5.95 Å². The van der Waals surface area contributed by atoms with Crippen molar-refractivity contribution in [3.05, 3.63) is 127 Å². The highest BCUT2D eigenvalue weighted by Gasteiger charge is 2.20. The van der Waals surface area contributed by atoms with E-state index in [1.807, 2.05) is 30.3 Å². The molecule has 0 bridgehead atoms. The highest BCUT2D eigenvalue weighted by Crippen LogP contribution is 2.39. The zero-order valence-corrected chi connectivity index (χ0v) is 21.4. The number of para-hydroxylation sites is 3. The second-order valence-electron chi connectivity index (χ2n) is 10.2. The Hall–Kier alpha value is -5.48. The van der Waals surface area contributed by atoms with Crippen LogP contribution in [0, 0.1) is 0 Å². The summed E-state index contributed by atoms with van der Waals surface area (Å²) in [4.78, 5) is 10.5. The molecule has 0 amide bonds. The first-order valence-electron chi connectivity index (χ1n) is 13.4. The molecule has 9 aromatic rings. The summed E-state index contributed by atoms with van der Waals surface area (Å²) in [5.74, 6) is 0.653. The van der Waals surface area contributed by atoms with Crippen molar-refractivity contribution in [1.82, 2.24) is 14.5 Å². The summed E-state index contributed by atoms with van der Waals surface area (Å²) in [6.45, 7) is 0. The van der Waals surface area contributed by atoms with E-state index in [2.05, 4.69) is 102 Å². The van der Waals surface area contributed by atoms with E-state index in [0.29, 0.717) is 5.95 Å². The average Bonchev–Trinajstić information content (AvgIpc) is 3.55. The predicted octanol–water partition coefficient (Wildman–Crippen LogP) is 9.45. The highest BCUT2D eigenvalue weighted by atomic mass is 16.3. The van der Waals surface area contributed by atoms with Crippen LogP contribution in [0.5, 0.6) is 0 Å². The minimum absolute atomic E-state index is 0.653. The summed E-state index contributed by atoms with van der Waals surface area (Å²) in [6.07, 6.45) is 0. The van der Waals surface area contributed by atoms with Crippen molar-refractivity contribution < 1.29 is 4.42 Å². The Morgan fingerprint density at radius 3 is 2.10 bits per heavy atom. The van der Waals surface area contributed by atoms with Crippen LogP contribution in [0.2, 0.25) is 0 Å². The largest absolute Gasteiger partial charge is 0.456 e. The molecule has 0 aliphatic carbocycles. The van der Waals surface area contributed by atoms with Gasteiger partial charge in [0.15, 0.2) is 0 Å². The summed E-state index contributed by atoms with van der Waals surface area (Å²) in [5.41, 5.74) is 6.73. The molecule has 0 unspecified atom stereocenters. The third kappa shape index (κ3) is 2.96. The van der Waals surface area contributed by atoms with Crippen LogP contribution in [0.15, 0.2) is 132 Å². The summed E-state index contributed by atoms with van der Waals surface area (Å²) < 4.78 is 8.45. The summed E-state index contributed by atoms with van der Waals surface area (Å²) in [6, 6.07) is 44.2. The first-order chi connectivity index (χ1) is 19.8. The molecule has 4 heteroatoms. The molecule has 0 N–H and O–H groups in total. The molecule has 3 aromatic heterocycles. The monoisotopic (exact) mass is 511 g/mol. The van der Waals surface area contributed by atoms with Gasteiger partial charge in [0.25, 0.3) is 0 Å². The van der Waals surface area contributed by atoms with Crippen molar-refractivity contribution in [3.8, 4) is 17.2 Å². The molecule has 0 spiro atoms. The average molecular weight is 512 g/mol. The van der Waals surface area contributed by atoms with Gasteiger partial charge in [-0.25, -0.2) is 9.97 Å². The van der Waals surface area contributed by atoms with E-state index in [9.17, 15) is 0 Å². The molecule has 9 rings (SSSR count). The summed E-state index contributed by atoms with van der Waals surface area (Å²) >= 11 is 0. The smallest absolute Gasteiger partial charge is 0.235 e. The molecule has 186 valence electrons. The Morgan fingerprint density at radius 1 is 0.500 bits per heavy atom. The minimum atomic E-state index is 0.653. The van der Waals surface area contributed by atoms with Crippen LogP contribution < -0.4 is 0 Å². The van der Waals surface area contributed by atoms with Crippen molar-refractivity contribution >= 4 is 65.4 Å². The lowest BCUT2D eigenvalue weighted by Crippen LogP contribution is -2.03. The van der Waals surface area contributed by atoms with E-state index in [1.165, 1.54) is 21.5 Å². The molecular formula is C36H21N3O.